The molecule has 0 aliphatic carbocycles. The SMILES string of the molecule is Cc1cccc(-c2ncccc2-c2ccc3ncc(C(=O)NC4COC4)n3c2)n1. The number of aromatic nitrogens is 4. The molecule has 1 amide bonds. The Morgan fingerprint density at radius 3 is 2.83 bits per heavy atom. The van der Waals surface area contributed by atoms with Gasteiger partial charge in [0.15, 0.2) is 0 Å². The molecule has 1 fully saturated rings. The average Bonchev–Trinajstić information content (AvgIpc) is 3.14. The van der Waals surface area contributed by atoms with E-state index < -0.39 is 0 Å². The van der Waals surface area contributed by atoms with Crippen molar-refractivity contribution in [2.24, 2.45) is 0 Å². The third-order valence-electron chi connectivity index (χ3n) is 4.96. The highest BCUT2D eigenvalue weighted by Crippen LogP contribution is 2.29. The van der Waals surface area contributed by atoms with E-state index in [1.807, 2.05) is 60.0 Å². The number of pyridine rings is 3. The molecule has 7 heteroatoms. The van der Waals surface area contributed by atoms with Crippen molar-refractivity contribution in [3.8, 4) is 22.5 Å². The molecule has 29 heavy (non-hydrogen) atoms. The zero-order valence-corrected chi connectivity index (χ0v) is 15.9. The first-order valence-corrected chi connectivity index (χ1v) is 9.44. The zero-order chi connectivity index (χ0) is 19.8. The molecule has 0 spiro atoms. The molecule has 5 heterocycles. The fourth-order valence-corrected chi connectivity index (χ4v) is 3.40. The second-order valence-electron chi connectivity index (χ2n) is 7.06. The Kier molecular flexibility index (Phi) is 4.29. The van der Waals surface area contributed by atoms with Gasteiger partial charge in [-0.3, -0.25) is 19.2 Å². The third-order valence-corrected chi connectivity index (χ3v) is 4.96. The van der Waals surface area contributed by atoms with Crippen LogP contribution in [0, 0.1) is 6.92 Å². The predicted octanol–water partition coefficient (Wildman–Crippen LogP) is 2.90. The molecule has 1 aliphatic heterocycles. The smallest absolute Gasteiger partial charge is 0.270 e. The van der Waals surface area contributed by atoms with Crippen molar-refractivity contribution >= 4 is 11.6 Å². The Bertz CT molecular complexity index is 1210. The molecule has 4 aromatic heterocycles. The lowest BCUT2D eigenvalue weighted by molar-refractivity contribution is -0.00356. The summed E-state index contributed by atoms with van der Waals surface area (Å²) in [4.78, 5) is 26.2. The number of ether oxygens (including phenoxy) is 1. The molecule has 0 aromatic carbocycles. The monoisotopic (exact) mass is 385 g/mol. The summed E-state index contributed by atoms with van der Waals surface area (Å²) in [5.41, 5.74) is 5.63. The van der Waals surface area contributed by atoms with Gasteiger partial charge in [0.1, 0.15) is 11.3 Å². The molecule has 0 atom stereocenters. The van der Waals surface area contributed by atoms with Crippen LogP contribution in [0.2, 0.25) is 0 Å². The van der Waals surface area contributed by atoms with E-state index in [1.165, 1.54) is 0 Å². The minimum atomic E-state index is -0.158. The maximum Gasteiger partial charge on any atom is 0.270 e. The van der Waals surface area contributed by atoms with Gasteiger partial charge in [-0.15, -0.1) is 0 Å². The van der Waals surface area contributed by atoms with E-state index in [4.69, 9.17) is 4.74 Å². The van der Waals surface area contributed by atoms with Gasteiger partial charge in [-0.2, -0.15) is 0 Å². The first-order valence-electron chi connectivity index (χ1n) is 9.44. The van der Waals surface area contributed by atoms with Gasteiger partial charge >= 0.3 is 0 Å². The van der Waals surface area contributed by atoms with Crippen LogP contribution in [0.25, 0.3) is 28.2 Å². The van der Waals surface area contributed by atoms with Gasteiger partial charge in [-0.1, -0.05) is 12.1 Å². The van der Waals surface area contributed by atoms with Crippen LogP contribution in [0.15, 0.2) is 61.1 Å². The number of fused-ring (bicyclic) bond motifs is 1. The fourth-order valence-electron chi connectivity index (χ4n) is 3.40. The van der Waals surface area contributed by atoms with Crippen molar-refractivity contribution in [3.05, 3.63) is 72.4 Å². The van der Waals surface area contributed by atoms with E-state index in [1.54, 1.807) is 12.4 Å². The van der Waals surface area contributed by atoms with Crippen LogP contribution in [0.4, 0.5) is 0 Å². The molecule has 7 nitrogen and oxygen atoms in total. The van der Waals surface area contributed by atoms with Crippen LogP contribution in [0.5, 0.6) is 0 Å². The van der Waals surface area contributed by atoms with E-state index >= 15 is 0 Å². The number of aryl methyl sites for hydroxylation is 1. The van der Waals surface area contributed by atoms with Crippen LogP contribution in [-0.2, 0) is 4.74 Å². The highest BCUT2D eigenvalue weighted by Gasteiger charge is 2.23. The van der Waals surface area contributed by atoms with Gasteiger partial charge in [0.2, 0.25) is 0 Å². The first-order chi connectivity index (χ1) is 14.2. The number of imidazole rings is 1. The standard InChI is InChI=1S/C22H19N5O2/c1-14-4-2-6-18(25-14)21-17(5-3-9-23-21)15-7-8-20-24-10-19(27(20)11-15)22(28)26-16-12-29-13-16/h2-11,16H,12-13H2,1H3,(H,26,28). The first kappa shape index (κ1) is 17.5. The highest BCUT2D eigenvalue weighted by atomic mass is 16.5. The van der Waals surface area contributed by atoms with Crippen LogP contribution >= 0.6 is 0 Å². The summed E-state index contributed by atoms with van der Waals surface area (Å²) in [6.45, 7) is 3.06. The number of carbonyl (C=O) groups is 1. The van der Waals surface area contributed by atoms with Crippen molar-refractivity contribution in [1.29, 1.82) is 0 Å². The van der Waals surface area contributed by atoms with E-state index in [2.05, 4.69) is 20.3 Å². The molecule has 1 saturated heterocycles. The summed E-state index contributed by atoms with van der Waals surface area (Å²) in [5, 5.41) is 2.97. The molecule has 4 aromatic rings. The average molecular weight is 385 g/mol. The van der Waals surface area contributed by atoms with Crippen molar-refractivity contribution in [1.82, 2.24) is 24.7 Å². The lowest BCUT2D eigenvalue weighted by Gasteiger charge is -2.26. The molecule has 0 unspecified atom stereocenters. The molecule has 1 aliphatic rings. The predicted molar refractivity (Wildman–Crippen MR) is 108 cm³/mol. The minimum Gasteiger partial charge on any atom is -0.377 e. The third kappa shape index (κ3) is 3.25. The quantitative estimate of drug-likeness (QED) is 0.584. The minimum absolute atomic E-state index is 0.0635. The Hall–Kier alpha value is -3.58. The Labute approximate surface area is 167 Å². The van der Waals surface area contributed by atoms with E-state index in [0.717, 1.165) is 28.2 Å². The Morgan fingerprint density at radius 2 is 2.03 bits per heavy atom. The van der Waals surface area contributed by atoms with Gasteiger partial charge in [0.05, 0.1) is 36.8 Å². The molecule has 1 N–H and O–H groups in total. The number of hydrogen-bond acceptors (Lipinski definition) is 5. The molecule has 0 radical (unpaired) electrons. The second-order valence-corrected chi connectivity index (χ2v) is 7.06. The maximum absolute atomic E-state index is 12.6. The van der Waals surface area contributed by atoms with Crippen LogP contribution in [0.3, 0.4) is 0 Å². The second kappa shape index (κ2) is 7.10. The number of rotatable bonds is 4. The largest absolute Gasteiger partial charge is 0.377 e. The van der Waals surface area contributed by atoms with Crippen LogP contribution in [0.1, 0.15) is 16.2 Å². The highest BCUT2D eigenvalue weighted by molar-refractivity contribution is 5.93. The maximum atomic E-state index is 12.6. The van der Waals surface area contributed by atoms with Crippen LogP contribution < -0.4 is 5.32 Å². The number of carbonyl (C=O) groups excluding carboxylic acids is 1. The zero-order valence-electron chi connectivity index (χ0n) is 15.9. The van der Waals surface area contributed by atoms with Gasteiger partial charge in [-0.25, -0.2) is 4.98 Å². The molecule has 0 saturated carbocycles. The molecular formula is C22H19N5O2. The molecule has 144 valence electrons. The van der Waals surface area contributed by atoms with E-state index in [-0.39, 0.29) is 11.9 Å². The summed E-state index contributed by atoms with van der Waals surface area (Å²) in [6.07, 6.45) is 5.28. The van der Waals surface area contributed by atoms with Crippen molar-refractivity contribution in [3.63, 3.8) is 0 Å². The van der Waals surface area contributed by atoms with Gasteiger partial charge in [0.25, 0.3) is 5.91 Å². The fraction of sp³-hybridized carbons (Fsp3) is 0.182. The number of hydrogen-bond donors (Lipinski definition) is 1. The van der Waals surface area contributed by atoms with Crippen LogP contribution in [-0.4, -0.2) is 44.5 Å². The van der Waals surface area contributed by atoms with Gasteiger partial charge in [-0.05, 0) is 37.3 Å². The number of nitrogens with one attached hydrogen (secondary N) is 1. The summed E-state index contributed by atoms with van der Waals surface area (Å²) in [6, 6.07) is 13.7. The molecular weight excluding hydrogens is 366 g/mol. The number of nitrogens with zero attached hydrogens (tertiary/aromatic N) is 4. The number of amides is 1. The summed E-state index contributed by atoms with van der Waals surface area (Å²) < 4.78 is 6.94. The Balaban J connectivity index is 1.58. The van der Waals surface area contributed by atoms with E-state index in [9.17, 15) is 4.79 Å². The topological polar surface area (TPSA) is 81.4 Å². The lowest BCUT2D eigenvalue weighted by atomic mass is 10.0. The Morgan fingerprint density at radius 1 is 1.14 bits per heavy atom. The van der Waals surface area contributed by atoms with Gasteiger partial charge < -0.3 is 10.1 Å². The normalized spacial score (nSPS) is 14.0. The van der Waals surface area contributed by atoms with E-state index in [0.29, 0.717) is 24.6 Å². The molecule has 5 rings (SSSR count). The summed E-state index contributed by atoms with van der Waals surface area (Å²) in [5.74, 6) is -0.158. The van der Waals surface area contributed by atoms with Gasteiger partial charge in [0, 0.05) is 29.2 Å². The van der Waals surface area contributed by atoms with Crippen molar-refractivity contribution in [2.75, 3.05) is 13.2 Å². The summed E-state index contributed by atoms with van der Waals surface area (Å²) >= 11 is 0. The molecule has 0 bridgehead atoms. The summed E-state index contributed by atoms with van der Waals surface area (Å²) in [7, 11) is 0. The lowest BCUT2D eigenvalue weighted by Crippen LogP contribution is -2.48. The van der Waals surface area contributed by atoms with Crippen molar-refractivity contribution < 1.29 is 9.53 Å². The van der Waals surface area contributed by atoms with Crippen molar-refractivity contribution in [2.45, 2.75) is 13.0 Å².